The SMILES string of the molecule is CN1Cc2ccccc2O1. The van der Waals surface area contributed by atoms with Gasteiger partial charge in [-0.3, -0.25) is 0 Å². The van der Waals surface area contributed by atoms with Crippen LogP contribution in [0.15, 0.2) is 24.3 Å². The van der Waals surface area contributed by atoms with Gasteiger partial charge in [0.2, 0.25) is 0 Å². The van der Waals surface area contributed by atoms with Crippen LogP contribution in [0.3, 0.4) is 0 Å². The van der Waals surface area contributed by atoms with Crippen molar-refractivity contribution in [1.29, 1.82) is 0 Å². The first-order chi connectivity index (χ1) is 4.86. The molecule has 52 valence electrons. The minimum atomic E-state index is 0.899. The van der Waals surface area contributed by atoms with Gasteiger partial charge >= 0.3 is 0 Å². The number of hydroxylamine groups is 2. The Kier molecular flexibility index (Phi) is 1.14. The molecule has 2 nitrogen and oxygen atoms in total. The van der Waals surface area contributed by atoms with Crippen LogP contribution in [0, 0.1) is 0 Å². The summed E-state index contributed by atoms with van der Waals surface area (Å²) in [6.45, 7) is 0.899. The summed E-state index contributed by atoms with van der Waals surface area (Å²) in [4.78, 5) is 5.34. The van der Waals surface area contributed by atoms with Gasteiger partial charge in [0.05, 0.1) is 6.54 Å². The third-order valence-corrected chi connectivity index (χ3v) is 1.62. The number of hydrogen-bond acceptors (Lipinski definition) is 2. The average molecular weight is 135 g/mol. The molecule has 0 spiro atoms. The van der Waals surface area contributed by atoms with Crippen molar-refractivity contribution in [2.75, 3.05) is 7.05 Å². The fourth-order valence-electron chi connectivity index (χ4n) is 1.16. The first-order valence-corrected chi connectivity index (χ1v) is 3.33. The maximum atomic E-state index is 5.34. The van der Waals surface area contributed by atoms with E-state index in [0.717, 1.165) is 12.3 Å². The Bertz CT molecular complexity index is 222. The summed E-state index contributed by atoms with van der Waals surface area (Å²) in [5.41, 5.74) is 1.27. The molecule has 1 aliphatic rings. The highest BCUT2D eigenvalue weighted by molar-refractivity contribution is 5.34. The molecule has 0 atom stereocenters. The lowest BCUT2D eigenvalue weighted by Gasteiger charge is -2.04. The first-order valence-electron chi connectivity index (χ1n) is 3.33. The van der Waals surface area contributed by atoms with E-state index in [0.29, 0.717) is 0 Å². The molecule has 1 aromatic carbocycles. The van der Waals surface area contributed by atoms with Gasteiger partial charge in [0, 0.05) is 12.6 Å². The van der Waals surface area contributed by atoms with Gasteiger partial charge in [-0.05, 0) is 6.07 Å². The van der Waals surface area contributed by atoms with Crippen LogP contribution in [0.5, 0.6) is 5.75 Å². The molecule has 0 saturated carbocycles. The Hall–Kier alpha value is -1.02. The van der Waals surface area contributed by atoms with Crippen molar-refractivity contribution >= 4 is 0 Å². The molecule has 0 bridgehead atoms. The predicted octanol–water partition coefficient (Wildman–Crippen LogP) is 1.43. The molecule has 2 heteroatoms. The van der Waals surface area contributed by atoms with Crippen LogP contribution in [-0.4, -0.2) is 12.1 Å². The zero-order valence-electron chi connectivity index (χ0n) is 5.87. The van der Waals surface area contributed by atoms with Crippen molar-refractivity contribution in [3.63, 3.8) is 0 Å². The molecule has 0 amide bonds. The van der Waals surface area contributed by atoms with Crippen LogP contribution in [-0.2, 0) is 6.54 Å². The Morgan fingerprint density at radius 1 is 1.40 bits per heavy atom. The van der Waals surface area contributed by atoms with Gasteiger partial charge in [-0.25, -0.2) is 0 Å². The minimum Gasteiger partial charge on any atom is -0.406 e. The van der Waals surface area contributed by atoms with Gasteiger partial charge in [0.15, 0.2) is 5.75 Å². The van der Waals surface area contributed by atoms with Crippen molar-refractivity contribution < 1.29 is 4.84 Å². The van der Waals surface area contributed by atoms with Gasteiger partial charge in [-0.1, -0.05) is 18.2 Å². The molecule has 1 aliphatic heterocycles. The molecule has 0 unspecified atom stereocenters. The molecule has 2 rings (SSSR count). The maximum absolute atomic E-state index is 5.34. The quantitative estimate of drug-likeness (QED) is 0.533. The van der Waals surface area contributed by atoms with Crippen LogP contribution < -0.4 is 4.84 Å². The largest absolute Gasteiger partial charge is 0.406 e. The Morgan fingerprint density at radius 3 is 3.00 bits per heavy atom. The number of rotatable bonds is 0. The van der Waals surface area contributed by atoms with E-state index in [1.807, 2.05) is 30.3 Å². The Balaban J connectivity index is 2.42. The van der Waals surface area contributed by atoms with Crippen molar-refractivity contribution in [2.45, 2.75) is 6.54 Å². The molecular formula is C8H9NO. The smallest absolute Gasteiger partial charge is 0.152 e. The second kappa shape index (κ2) is 1.99. The standard InChI is InChI=1S/C8H9NO/c1-9-6-7-4-2-3-5-8(7)10-9/h2-5H,6H2,1H3. The minimum absolute atomic E-state index is 0.899. The van der Waals surface area contributed by atoms with Gasteiger partial charge < -0.3 is 4.84 Å². The van der Waals surface area contributed by atoms with E-state index in [1.165, 1.54) is 5.56 Å². The van der Waals surface area contributed by atoms with Crippen molar-refractivity contribution in [3.8, 4) is 5.75 Å². The number of para-hydroxylation sites is 1. The first kappa shape index (κ1) is 5.74. The van der Waals surface area contributed by atoms with Gasteiger partial charge in [0.25, 0.3) is 0 Å². The summed E-state index contributed by atoms with van der Waals surface area (Å²) in [6, 6.07) is 8.08. The van der Waals surface area contributed by atoms with Crippen LogP contribution >= 0.6 is 0 Å². The summed E-state index contributed by atoms with van der Waals surface area (Å²) < 4.78 is 0. The maximum Gasteiger partial charge on any atom is 0.152 e. The number of nitrogens with zero attached hydrogens (tertiary/aromatic N) is 1. The summed E-state index contributed by atoms with van der Waals surface area (Å²) in [6.07, 6.45) is 0. The number of fused-ring (bicyclic) bond motifs is 1. The van der Waals surface area contributed by atoms with Crippen molar-refractivity contribution in [1.82, 2.24) is 5.06 Å². The molecule has 0 radical (unpaired) electrons. The lowest BCUT2D eigenvalue weighted by molar-refractivity contribution is -0.0137. The lowest BCUT2D eigenvalue weighted by Crippen LogP contribution is -2.13. The number of benzene rings is 1. The van der Waals surface area contributed by atoms with Crippen LogP contribution in [0.25, 0.3) is 0 Å². The second-order valence-electron chi connectivity index (χ2n) is 2.49. The van der Waals surface area contributed by atoms with Crippen molar-refractivity contribution in [2.24, 2.45) is 0 Å². The molecular weight excluding hydrogens is 126 g/mol. The van der Waals surface area contributed by atoms with E-state index in [-0.39, 0.29) is 0 Å². The molecule has 0 fully saturated rings. The van der Waals surface area contributed by atoms with Crippen LogP contribution in [0.1, 0.15) is 5.56 Å². The molecule has 0 aromatic heterocycles. The second-order valence-corrected chi connectivity index (χ2v) is 2.49. The summed E-state index contributed by atoms with van der Waals surface area (Å²) >= 11 is 0. The monoisotopic (exact) mass is 135 g/mol. The zero-order chi connectivity index (χ0) is 6.97. The average Bonchev–Trinajstić information content (AvgIpc) is 2.27. The van der Waals surface area contributed by atoms with E-state index in [1.54, 1.807) is 0 Å². The summed E-state index contributed by atoms with van der Waals surface area (Å²) in [5, 5.41) is 1.82. The summed E-state index contributed by atoms with van der Waals surface area (Å²) in [5.74, 6) is 0.991. The fourth-order valence-corrected chi connectivity index (χ4v) is 1.16. The highest BCUT2D eigenvalue weighted by Gasteiger charge is 2.14. The van der Waals surface area contributed by atoms with Gasteiger partial charge in [-0.15, -0.1) is 5.06 Å². The Morgan fingerprint density at radius 2 is 2.20 bits per heavy atom. The summed E-state index contributed by atoms with van der Waals surface area (Å²) in [7, 11) is 1.93. The van der Waals surface area contributed by atoms with E-state index in [2.05, 4.69) is 6.07 Å². The van der Waals surface area contributed by atoms with E-state index < -0.39 is 0 Å². The predicted molar refractivity (Wildman–Crippen MR) is 38.5 cm³/mol. The topological polar surface area (TPSA) is 12.5 Å². The van der Waals surface area contributed by atoms with Gasteiger partial charge in [-0.2, -0.15) is 0 Å². The third-order valence-electron chi connectivity index (χ3n) is 1.62. The van der Waals surface area contributed by atoms with Crippen molar-refractivity contribution in [3.05, 3.63) is 29.8 Å². The molecule has 1 heterocycles. The normalized spacial score (nSPS) is 16.5. The molecule has 10 heavy (non-hydrogen) atoms. The van der Waals surface area contributed by atoms with E-state index in [9.17, 15) is 0 Å². The zero-order valence-corrected chi connectivity index (χ0v) is 5.87. The Labute approximate surface area is 60.0 Å². The molecule has 1 aromatic rings. The van der Waals surface area contributed by atoms with Gasteiger partial charge in [0.1, 0.15) is 0 Å². The lowest BCUT2D eigenvalue weighted by atomic mass is 10.2. The van der Waals surface area contributed by atoms with E-state index >= 15 is 0 Å². The van der Waals surface area contributed by atoms with E-state index in [4.69, 9.17) is 4.84 Å². The highest BCUT2D eigenvalue weighted by atomic mass is 16.7. The van der Waals surface area contributed by atoms with Crippen LogP contribution in [0.4, 0.5) is 0 Å². The van der Waals surface area contributed by atoms with Crippen LogP contribution in [0.2, 0.25) is 0 Å². The number of hydrogen-bond donors (Lipinski definition) is 0. The highest BCUT2D eigenvalue weighted by Crippen LogP contribution is 2.25. The molecule has 0 aliphatic carbocycles. The third kappa shape index (κ3) is 0.772. The molecule has 0 N–H and O–H groups in total. The molecule has 0 saturated heterocycles. The fraction of sp³-hybridized carbons (Fsp3) is 0.250.